The van der Waals surface area contributed by atoms with Gasteiger partial charge in [-0.1, -0.05) is 252 Å². The standard InChI is InChI=1S/C80H62N2/c1-79(2)69-29-11-15-33-73(69)81(74-34-16-12-30-70(74)79)63-45-47-65-67(51-63)77(61-27-19-25-59(49-61)57-41-37-55(38-42-57)53-21-7-5-8-22-53)66-48-46-64(82-75-35-17-13-31-71(75)80(3,4)72-32-14-18-36-76(72)82)52-68(66)78(65)62-28-20-26-60(50-62)58-43-39-56(40-44-58)54-23-9-6-10-24-54/h5-17,19-35,37-52H,18,36H2,1-4H3. The molecule has 0 bridgehead atoms. The van der Waals surface area contributed by atoms with E-state index in [9.17, 15) is 0 Å². The zero-order chi connectivity index (χ0) is 55.1. The summed E-state index contributed by atoms with van der Waals surface area (Å²) in [6.07, 6.45) is 6.76. The van der Waals surface area contributed by atoms with Crippen LogP contribution in [-0.2, 0) is 10.8 Å². The van der Waals surface area contributed by atoms with Crippen molar-refractivity contribution in [3.63, 3.8) is 0 Å². The average molecular weight is 1050 g/mol. The summed E-state index contributed by atoms with van der Waals surface area (Å²) < 4.78 is 0. The summed E-state index contributed by atoms with van der Waals surface area (Å²) in [6, 6.07) is 99.8. The van der Waals surface area contributed by atoms with Gasteiger partial charge in [-0.25, -0.2) is 0 Å². The van der Waals surface area contributed by atoms with Crippen LogP contribution in [0.2, 0.25) is 0 Å². The maximum absolute atomic E-state index is 2.59. The van der Waals surface area contributed by atoms with Crippen molar-refractivity contribution in [1.82, 2.24) is 0 Å². The quantitative estimate of drug-likeness (QED) is 0.140. The fourth-order valence-electron chi connectivity index (χ4n) is 14.0. The predicted octanol–water partition coefficient (Wildman–Crippen LogP) is 22.1. The van der Waals surface area contributed by atoms with E-state index in [2.05, 4.69) is 317 Å². The van der Waals surface area contributed by atoms with Gasteiger partial charge in [-0.3, -0.25) is 0 Å². The van der Waals surface area contributed by atoms with Crippen molar-refractivity contribution in [3.8, 4) is 66.8 Å². The molecule has 392 valence electrons. The first kappa shape index (κ1) is 49.3. The third kappa shape index (κ3) is 8.07. The molecule has 1 aliphatic carbocycles. The number of anilines is 5. The van der Waals surface area contributed by atoms with Crippen LogP contribution in [0.3, 0.4) is 0 Å². The molecule has 0 unspecified atom stereocenters. The average Bonchev–Trinajstić information content (AvgIpc) is 3.72. The van der Waals surface area contributed by atoms with E-state index in [0.29, 0.717) is 0 Å². The summed E-state index contributed by atoms with van der Waals surface area (Å²) in [5.74, 6) is 0. The zero-order valence-electron chi connectivity index (χ0n) is 46.9. The van der Waals surface area contributed by atoms with Gasteiger partial charge in [0, 0.05) is 33.6 Å². The first-order valence-electron chi connectivity index (χ1n) is 29.0. The van der Waals surface area contributed by atoms with E-state index in [1.807, 2.05) is 0 Å². The minimum absolute atomic E-state index is 0.139. The molecule has 0 saturated heterocycles. The molecular weight excluding hydrogens is 989 g/mol. The molecule has 15 rings (SSSR count). The molecule has 0 amide bonds. The lowest BCUT2D eigenvalue weighted by molar-refractivity contribution is 0.603. The third-order valence-corrected chi connectivity index (χ3v) is 18.1. The molecule has 0 spiro atoms. The minimum Gasteiger partial charge on any atom is -0.314 e. The van der Waals surface area contributed by atoms with Crippen LogP contribution >= 0.6 is 0 Å². The Balaban J connectivity index is 1.01. The molecule has 2 aliphatic heterocycles. The van der Waals surface area contributed by atoms with Crippen LogP contribution in [0.4, 0.5) is 28.4 Å². The summed E-state index contributed by atoms with van der Waals surface area (Å²) >= 11 is 0. The van der Waals surface area contributed by atoms with E-state index in [0.717, 1.165) is 18.5 Å². The number of hydrogen-bond acceptors (Lipinski definition) is 2. The molecule has 2 nitrogen and oxygen atoms in total. The van der Waals surface area contributed by atoms with Crippen molar-refractivity contribution in [2.24, 2.45) is 0 Å². The van der Waals surface area contributed by atoms with E-state index in [1.54, 1.807) is 0 Å². The van der Waals surface area contributed by atoms with Gasteiger partial charge >= 0.3 is 0 Å². The maximum atomic E-state index is 2.59. The van der Waals surface area contributed by atoms with Crippen molar-refractivity contribution in [3.05, 3.63) is 307 Å². The maximum Gasteiger partial charge on any atom is 0.0502 e. The smallest absolute Gasteiger partial charge is 0.0502 e. The Hall–Kier alpha value is -9.76. The topological polar surface area (TPSA) is 6.48 Å². The Kier molecular flexibility index (Phi) is 11.7. The molecule has 0 saturated carbocycles. The van der Waals surface area contributed by atoms with Crippen molar-refractivity contribution < 1.29 is 0 Å². The second-order valence-corrected chi connectivity index (χ2v) is 23.5. The number of fused-ring (bicyclic) bond motifs is 5. The van der Waals surface area contributed by atoms with Crippen LogP contribution in [0.15, 0.2) is 290 Å². The molecule has 0 N–H and O–H groups in total. The van der Waals surface area contributed by atoms with Crippen LogP contribution in [0, 0.1) is 0 Å². The highest BCUT2D eigenvalue weighted by molar-refractivity contribution is 6.23. The Morgan fingerprint density at radius 2 is 0.659 bits per heavy atom. The summed E-state index contributed by atoms with van der Waals surface area (Å²) in [5.41, 5.74) is 26.8. The van der Waals surface area contributed by atoms with Crippen LogP contribution < -0.4 is 9.80 Å². The number of rotatable bonds is 8. The van der Waals surface area contributed by atoms with Gasteiger partial charge in [0.2, 0.25) is 0 Å². The van der Waals surface area contributed by atoms with Crippen molar-refractivity contribution in [1.29, 1.82) is 0 Å². The highest BCUT2D eigenvalue weighted by Gasteiger charge is 2.39. The number of allylic oxidation sites excluding steroid dienone is 4. The third-order valence-electron chi connectivity index (χ3n) is 18.1. The van der Waals surface area contributed by atoms with Crippen molar-refractivity contribution in [2.75, 3.05) is 9.80 Å². The van der Waals surface area contributed by atoms with Gasteiger partial charge in [-0.15, -0.1) is 0 Å². The lowest BCUT2D eigenvalue weighted by Gasteiger charge is -2.44. The first-order chi connectivity index (χ1) is 40.2. The van der Waals surface area contributed by atoms with Gasteiger partial charge in [-0.2, -0.15) is 0 Å². The van der Waals surface area contributed by atoms with E-state index >= 15 is 0 Å². The highest BCUT2D eigenvalue weighted by atomic mass is 15.2. The minimum atomic E-state index is -0.186. The second kappa shape index (κ2) is 19.5. The molecule has 2 heteroatoms. The van der Waals surface area contributed by atoms with E-state index in [1.165, 1.54) is 139 Å². The SMILES string of the molecule is CC1(C)C2=C(CCC=C2)N(c2ccc3c(-c4cccc(-c5ccc(-c6ccccc6)cc5)c4)c4cc(N5c6ccccc6C(C)(C)c6ccccc65)ccc4c(-c4cccc(-c5ccc(-c6ccccc6)cc5)c4)c3c2)c2ccccc21. The number of hydrogen-bond donors (Lipinski definition) is 0. The molecule has 12 aromatic carbocycles. The fourth-order valence-corrected chi connectivity index (χ4v) is 14.0. The van der Waals surface area contributed by atoms with Gasteiger partial charge < -0.3 is 9.80 Å². The highest BCUT2D eigenvalue weighted by Crippen LogP contribution is 2.55. The summed E-state index contributed by atoms with van der Waals surface area (Å²) in [7, 11) is 0. The van der Waals surface area contributed by atoms with Crippen LogP contribution in [-0.4, -0.2) is 0 Å². The summed E-state index contributed by atoms with van der Waals surface area (Å²) in [4.78, 5) is 5.10. The largest absolute Gasteiger partial charge is 0.314 e. The molecule has 0 radical (unpaired) electrons. The van der Waals surface area contributed by atoms with Crippen LogP contribution in [0.5, 0.6) is 0 Å². The number of benzene rings is 12. The molecule has 82 heavy (non-hydrogen) atoms. The Morgan fingerprint density at radius 1 is 0.293 bits per heavy atom. The van der Waals surface area contributed by atoms with Crippen LogP contribution in [0.1, 0.15) is 57.2 Å². The lowest BCUT2D eigenvalue weighted by Crippen LogP contribution is -2.34. The van der Waals surface area contributed by atoms with Gasteiger partial charge in [0.25, 0.3) is 0 Å². The number of nitrogens with zero attached hydrogens (tertiary/aromatic N) is 2. The van der Waals surface area contributed by atoms with E-state index in [-0.39, 0.29) is 10.8 Å². The van der Waals surface area contributed by atoms with Gasteiger partial charge in [0.05, 0.1) is 11.4 Å². The molecule has 0 aromatic heterocycles. The monoisotopic (exact) mass is 1050 g/mol. The molecular formula is C80H62N2. The summed E-state index contributed by atoms with van der Waals surface area (Å²) in [6.45, 7) is 9.53. The second-order valence-electron chi connectivity index (χ2n) is 23.5. The first-order valence-corrected chi connectivity index (χ1v) is 29.0. The van der Waals surface area contributed by atoms with E-state index < -0.39 is 0 Å². The summed E-state index contributed by atoms with van der Waals surface area (Å²) in [5, 5.41) is 4.83. The van der Waals surface area contributed by atoms with Gasteiger partial charge in [0.1, 0.15) is 0 Å². The Bertz CT molecular complexity index is 4490. The fraction of sp³-hybridized carbons (Fsp3) is 0.100. The zero-order valence-corrected chi connectivity index (χ0v) is 46.9. The van der Waals surface area contributed by atoms with Gasteiger partial charge in [-0.05, 0) is 178 Å². The molecule has 3 aliphatic rings. The molecule has 12 aromatic rings. The van der Waals surface area contributed by atoms with Crippen molar-refractivity contribution >= 4 is 50.0 Å². The predicted molar refractivity (Wildman–Crippen MR) is 348 cm³/mol. The Morgan fingerprint density at radius 3 is 1.13 bits per heavy atom. The molecule has 2 heterocycles. The van der Waals surface area contributed by atoms with Crippen LogP contribution in [0.25, 0.3) is 88.3 Å². The van der Waals surface area contributed by atoms with E-state index in [4.69, 9.17) is 0 Å². The molecule has 0 fully saturated rings. The Labute approximate surface area is 482 Å². The number of para-hydroxylation sites is 3. The van der Waals surface area contributed by atoms with Crippen molar-refractivity contribution in [2.45, 2.75) is 51.4 Å². The molecule has 0 atom stereocenters. The normalized spacial score (nSPS) is 14.8. The van der Waals surface area contributed by atoms with Gasteiger partial charge in [0.15, 0.2) is 0 Å². The lowest BCUT2D eigenvalue weighted by atomic mass is 9.71.